The summed E-state index contributed by atoms with van der Waals surface area (Å²) < 4.78 is 12.4. The number of esters is 2. The molecule has 0 spiro atoms. The highest BCUT2D eigenvalue weighted by atomic mass is 79.9. The lowest BCUT2D eigenvalue weighted by Gasteiger charge is -2.26. The minimum Gasteiger partial charge on any atom is -0.465 e. The molecule has 0 bridgehead atoms. The van der Waals surface area contributed by atoms with Gasteiger partial charge in [0.05, 0.1) is 25.3 Å². The molecule has 0 atom stereocenters. The first-order chi connectivity index (χ1) is 17.4. The fourth-order valence-electron chi connectivity index (χ4n) is 4.60. The molecule has 0 unspecified atom stereocenters. The highest BCUT2D eigenvalue weighted by molar-refractivity contribution is 9.10. The Kier molecular flexibility index (Phi) is 10.3. The molecule has 0 aromatic heterocycles. The van der Waals surface area contributed by atoms with Crippen molar-refractivity contribution in [3.8, 4) is 22.3 Å². The van der Waals surface area contributed by atoms with Crippen LogP contribution in [-0.2, 0) is 22.3 Å². The van der Waals surface area contributed by atoms with Gasteiger partial charge in [-0.1, -0.05) is 82.8 Å². The van der Waals surface area contributed by atoms with Crippen molar-refractivity contribution >= 4 is 43.8 Å². The fraction of sp³-hybridized carbons (Fsp3) is 0.333. The van der Waals surface area contributed by atoms with Crippen molar-refractivity contribution in [3.63, 3.8) is 0 Å². The predicted octanol–water partition coefficient (Wildman–Crippen LogP) is 8.80. The van der Waals surface area contributed by atoms with Gasteiger partial charge in [0.25, 0.3) is 0 Å². The first-order valence-electron chi connectivity index (χ1n) is 12.3. The van der Waals surface area contributed by atoms with Crippen LogP contribution in [0.25, 0.3) is 22.3 Å². The Labute approximate surface area is 230 Å². The van der Waals surface area contributed by atoms with Gasteiger partial charge in [-0.2, -0.15) is 0 Å². The molecule has 0 radical (unpaired) electrons. The van der Waals surface area contributed by atoms with Crippen LogP contribution >= 0.6 is 31.9 Å². The number of carbonyl (C=O) groups excluding carboxylic acids is 2. The van der Waals surface area contributed by atoms with E-state index < -0.39 is 11.9 Å². The third-order valence-electron chi connectivity index (χ3n) is 6.32. The second kappa shape index (κ2) is 13.2. The molecule has 0 saturated heterocycles. The zero-order valence-corrected chi connectivity index (χ0v) is 24.4. The van der Waals surface area contributed by atoms with Gasteiger partial charge in [-0.05, 0) is 72.2 Å². The Bertz CT molecular complexity index is 1120. The van der Waals surface area contributed by atoms with Gasteiger partial charge in [0, 0.05) is 20.1 Å². The van der Waals surface area contributed by atoms with Crippen LogP contribution in [0.15, 0.2) is 57.5 Å². The van der Waals surface area contributed by atoms with E-state index in [1.807, 2.05) is 48.5 Å². The summed E-state index contributed by atoms with van der Waals surface area (Å²) in [6.07, 6.45) is 5.51. The molecule has 3 aromatic rings. The van der Waals surface area contributed by atoms with Gasteiger partial charge in [0.2, 0.25) is 0 Å². The lowest BCUT2D eigenvalue weighted by molar-refractivity contribution is 0.0556. The van der Waals surface area contributed by atoms with Gasteiger partial charge in [-0.15, -0.1) is 0 Å². The molecule has 0 fully saturated rings. The van der Waals surface area contributed by atoms with Crippen molar-refractivity contribution < 1.29 is 19.1 Å². The van der Waals surface area contributed by atoms with E-state index in [2.05, 4.69) is 45.7 Å². The van der Waals surface area contributed by atoms with Crippen molar-refractivity contribution in [1.82, 2.24) is 0 Å². The molecular weight excluding hydrogens is 584 g/mol. The lowest BCUT2D eigenvalue weighted by atomic mass is 9.78. The van der Waals surface area contributed by atoms with E-state index in [0.717, 1.165) is 80.9 Å². The van der Waals surface area contributed by atoms with Crippen molar-refractivity contribution in [2.24, 2.45) is 0 Å². The third kappa shape index (κ3) is 6.09. The van der Waals surface area contributed by atoms with Gasteiger partial charge in [0.15, 0.2) is 0 Å². The maximum atomic E-state index is 13.5. The molecule has 0 heterocycles. The average Bonchev–Trinajstić information content (AvgIpc) is 2.90. The number of benzene rings is 3. The Morgan fingerprint density at radius 2 is 0.972 bits per heavy atom. The van der Waals surface area contributed by atoms with Crippen molar-refractivity contribution in [2.75, 3.05) is 14.2 Å². The number of methoxy groups -OCH3 is 2. The molecule has 0 aliphatic carbocycles. The zero-order chi connectivity index (χ0) is 26.2. The Morgan fingerprint density at radius 1 is 0.639 bits per heavy atom. The van der Waals surface area contributed by atoms with Gasteiger partial charge in [-0.3, -0.25) is 0 Å². The number of halogens is 2. The molecule has 0 saturated carbocycles. The van der Waals surface area contributed by atoms with E-state index >= 15 is 0 Å². The number of hydrogen-bond donors (Lipinski definition) is 0. The minimum absolute atomic E-state index is 0.260. The van der Waals surface area contributed by atoms with Gasteiger partial charge in [0.1, 0.15) is 0 Å². The number of rotatable bonds is 10. The molecule has 0 aliphatic rings. The first kappa shape index (κ1) is 28.1. The standard InChI is InChI=1S/C30H32Br2O4/c1-5-7-9-23-24(10-8-6-2)26(20-13-17-22(32)18-14-20)28(30(34)36-4)27(29(33)35-3)25(23)19-11-15-21(31)16-12-19/h11-18H,5-10H2,1-4H3. The summed E-state index contributed by atoms with van der Waals surface area (Å²) in [6.45, 7) is 4.31. The quantitative estimate of drug-likeness (QED) is 0.214. The van der Waals surface area contributed by atoms with Crippen LogP contribution < -0.4 is 0 Å². The second-order valence-corrected chi connectivity index (χ2v) is 10.5. The molecule has 3 rings (SSSR count). The van der Waals surface area contributed by atoms with Crippen LogP contribution in [0.4, 0.5) is 0 Å². The minimum atomic E-state index is -0.550. The van der Waals surface area contributed by atoms with E-state index in [1.165, 1.54) is 14.2 Å². The van der Waals surface area contributed by atoms with Crippen molar-refractivity contribution in [3.05, 3.63) is 79.7 Å². The van der Waals surface area contributed by atoms with Crippen LogP contribution in [0, 0.1) is 0 Å². The highest BCUT2D eigenvalue weighted by Gasteiger charge is 2.32. The molecule has 4 nitrogen and oxygen atoms in total. The molecule has 0 aliphatic heterocycles. The van der Waals surface area contributed by atoms with Crippen molar-refractivity contribution in [2.45, 2.75) is 52.4 Å². The molecule has 190 valence electrons. The monoisotopic (exact) mass is 614 g/mol. The smallest absolute Gasteiger partial charge is 0.339 e. The van der Waals surface area contributed by atoms with E-state index in [-0.39, 0.29) is 11.1 Å². The van der Waals surface area contributed by atoms with Crippen LogP contribution in [0.1, 0.15) is 71.4 Å². The van der Waals surface area contributed by atoms with Crippen molar-refractivity contribution in [1.29, 1.82) is 0 Å². The summed E-state index contributed by atoms with van der Waals surface area (Å²) in [5.74, 6) is -1.10. The Balaban J connectivity index is 2.60. The van der Waals surface area contributed by atoms with E-state index in [9.17, 15) is 9.59 Å². The molecule has 36 heavy (non-hydrogen) atoms. The lowest BCUT2D eigenvalue weighted by Crippen LogP contribution is -2.19. The maximum absolute atomic E-state index is 13.5. The van der Waals surface area contributed by atoms with E-state index in [1.54, 1.807) is 0 Å². The van der Waals surface area contributed by atoms with Crippen LogP contribution in [-0.4, -0.2) is 26.2 Å². The average molecular weight is 616 g/mol. The summed E-state index contributed by atoms with van der Waals surface area (Å²) >= 11 is 7.03. The second-order valence-electron chi connectivity index (χ2n) is 8.66. The molecule has 0 N–H and O–H groups in total. The van der Waals surface area contributed by atoms with E-state index in [0.29, 0.717) is 0 Å². The number of hydrogen-bond acceptors (Lipinski definition) is 4. The fourth-order valence-corrected chi connectivity index (χ4v) is 5.12. The highest BCUT2D eigenvalue weighted by Crippen LogP contribution is 2.43. The molecular formula is C30H32Br2O4. The zero-order valence-electron chi connectivity index (χ0n) is 21.3. The molecule has 6 heteroatoms. The SMILES string of the molecule is CCCCc1c(CCCC)c(-c2ccc(Br)cc2)c(C(=O)OC)c(C(=O)OC)c1-c1ccc(Br)cc1. The Morgan fingerprint density at radius 3 is 1.25 bits per heavy atom. The normalized spacial score (nSPS) is 10.8. The topological polar surface area (TPSA) is 52.6 Å². The van der Waals surface area contributed by atoms with Gasteiger partial charge < -0.3 is 9.47 Å². The summed E-state index contributed by atoms with van der Waals surface area (Å²) in [5.41, 5.74) is 5.97. The third-order valence-corrected chi connectivity index (χ3v) is 7.38. The number of ether oxygens (including phenoxy) is 2. The maximum Gasteiger partial charge on any atom is 0.339 e. The summed E-state index contributed by atoms with van der Waals surface area (Å²) in [5, 5.41) is 0. The summed E-state index contributed by atoms with van der Waals surface area (Å²) in [6, 6.07) is 15.7. The largest absolute Gasteiger partial charge is 0.465 e. The van der Waals surface area contributed by atoms with Crippen LogP contribution in [0.3, 0.4) is 0 Å². The molecule has 3 aromatic carbocycles. The first-order valence-corrected chi connectivity index (χ1v) is 13.9. The van der Waals surface area contributed by atoms with Crippen LogP contribution in [0.5, 0.6) is 0 Å². The number of unbranched alkanes of at least 4 members (excludes halogenated alkanes) is 2. The summed E-state index contributed by atoms with van der Waals surface area (Å²) in [4.78, 5) is 26.9. The predicted molar refractivity (Wildman–Crippen MR) is 153 cm³/mol. The Hall–Kier alpha value is -2.44. The molecule has 0 amide bonds. The van der Waals surface area contributed by atoms with Gasteiger partial charge >= 0.3 is 11.9 Å². The van der Waals surface area contributed by atoms with Crippen LogP contribution in [0.2, 0.25) is 0 Å². The van der Waals surface area contributed by atoms with Gasteiger partial charge in [-0.25, -0.2) is 9.59 Å². The number of carbonyl (C=O) groups is 2. The summed E-state index contributed by atoms with van der Waals surface area (Å²) in [7, 11) is 2.70. The van der Waals surface area contributed by atoms with E-state index in [4.69, 9.17) is 9.47 Å².